The molecule has 2 aliphatic heterocycles. The average Bonchev–Trinajstić information content (AvgIpc) is 4.07. The zero-order valence-corrected chi connectivity index (χ0v) is 33.6. The summed E-state index contributed by atoms with van der Waals surface area (Å²) >= 11 is 0. The van der Waals surface area contributed by atoms with Crippen molar-refractivity contribution in [3.05, 3.63) is 72.6 Å². The Morgan fingerprint density at radius 2 is 1.12 bits per heavy atom. The summed E-state index contributed by atoms with van der Waals surface area (Å²) in [7, 11) is 2.57. The normalized spacial score (nSPS) is 17.8. The van der Waals surface area contributed by atoms with E-state index in [0.717, 1.165) is 59.0 Å². The molecule has 58 heavy (non-hydrogen) atoms. The van der Waals surface area contributed by atoms with Crippen molar-refractivity contribution in [2.45, 2.75) is 77.5 Å². The number of carbonyl (C=O) groups excluding carboxylic acids is 4. The van der Waals surface area contributed by atoms with Crippen LogP contribution in [0.4, 0.5) is 9.59 Å². The summed E-state index contributed by atoms with van der Waals surface area (Å²) in [4.78, 5) is 70.7. The molecule has 16 nitrogen and oxygen atoms in total. The van der Waals surface area contributed by atoms with E-state index >= 15 is 0 Å². The third-order valence-electron chi connectivity index (χ3n) is 11.1. The van der Waals surface area contributed by atoms with Crippen molar-refractivity contribution in [1.29, 1.82) is 0 Å². The first kappa shape index (κ1) is 39.9. The molecule has 0 aliphatic carbocycles. The minimum absolute atomic E-state index is 0.112. The van der Waals surface area contributed by atoms with Gasteiger partial charge in [-0.3, -0.25) is 9.59 Å². The number of nitrogens with one attached hydrogen (secondary N) is 4. The smallest absolute Gasteiger partial charge is 0.407 e. The maximum absolute atomic E-state index is 13.6. The first-order valence-electron chi connectivity index (χ1n) is 19.7. The minimum atomic E-state index is -0.709. The van der Waals surface area contributed by atoms with E-state index in [0.29, 0.717) is 36.1 Å². The molecule has 4 amide bonds. The Labute approximate surface area is 336 Å². The molecule has 0 unspecified atom stereocenters. The highest BCUT2D eigenvalue weighted by atomic mass is 16.5. The van der Waals surface area contributed by atoms with Crippen molar-refractivity contribution < 1.29 is 28.7 Å². The maximum atomic E-state index is 13.6. The van der Waals surface area contributed by atoms with Crippen LogP contribution in [0.3, 0.4) is 0 Å². The van der Waals surface area contributed by atoms with Gasteiger partial charge in [-0.25, -0.2) is 19.6 Å². The van der Waals surface area contributed by atoms with Gasteiger partial charge in [0.15, 0.2) is 0 Å². The molecular formula is C42H50N10O6. The molecule has 2 aromatic carbocycles. The molecule has 0 bridgehead atoms. The Bertz CT molecular complexity index is 2290. The fourth-order valence-corrected chi connectivity index (χ4v) is 7.88. The van der Waals surface area contributed by atoms with E-state index in [4.69, 9.17) is 14.5 Å². The number of aromatic amines is 2. The number of hydrogen-bond donors (Lipinski definition) is 4. The number of methoxy groups -OCH3 is 2. The summed E-state index contributed by atoms with van der Waals surface area (Å²) in [5, 5.41) is 16.5. The lowest BCUT2D eigenvalue weighted by molar-refractivity contribution is -0.136. The molecule has 5 heterocycles. The molecule has 5 aromatic rings. The number of carbonyl (C=O) groups is 4. The maximum Gasteiger partial charge on any atom is 0.407 e. The van der Waals surface area contributed by atoms with Crippen molar-refractivity contribution in [3.63, 3.8) is 0 Å². The number of alkyl carbamates (subject to hydrolysis) is 2. The van der Waals surface area contributed by atoms with E-state index in [2.05, 4.69) is 60.0 Å². The molecule has 0 saturated carbocycles. The Hall–Kier alpha value is -6.32. The van der Waals surface area contributed by atoms with Crippen LogP contribution in [0.5, 0.6) is 0 Å². The Morgan fingerprint density at radius 3 is 1.62 bits per heavy atom. The van der Waals surface area contributed by atoms with Gasteiger partial charge in [-0.2, -0.15) is 0 Å². The second-order valence-electron chi connectivity index (χ2n) is 15.5. The molecule has 4 atom stereocenters. The minimum Gasteiger partial charge on any atom is -0.453 e. The molecule has 16 heteroatoms. The van der Waals surface area contributed by atoms with Crippen LogP contribution in [0.15, 0.2) is 60.9 Å². The van der Waals surface area contributed by atoms with Crippen LogP contribution in [0.25, 0.3) is 44.7 Å². The van der Waals surface area contributed by atoms with E-state index < -0.39 is 24.3 Å². The summed E-state index contributed by atoms with van der Waals surface area (Å²) in [6.07, 6.45) is 5.42. The summed E-state index contributed by atoms with van der Waals surface area (Å²) in [6, 6.07) is 14.3. The van der Waals surface area contributed by atoms with Crippen LogP contribution in [0.2, 0.25) is 0 Å². The molecule has 2 fully saturated rings. The number of amides is 4. The van der Waals surface area contributed by atoms with Crippen LogP contribution >= 0.6 is 0 Å². The summed E-state index contributed by atoms with van der Waals surface area (Å²) in [6.45, 7) is 8.72. The monoisotopic (exact) mass is 790 g/mol. The average molecular weight is 791 g/mol. The highest BCUT2D eigenvalue weighted by molar-refractivity contribution is 5.90. The number of H-pyrrole nitrogens is 2. The van der Waals surface area contributed by atoms with Crippen LogP contribution in [0.1, 0.15) is 77.1 Å². The summed E-state index contributed by atoms with van der Waals surface area (Å²) < 4.78 is 9.51. The fraction of sp³-hybridized carbons (Fsp3) is 0.429. The van der Waals surface area contributed by atoms with Gasteiger partial charge in [0.05, 0.1) is 55.8 Å². The molecular weight excluding hydrogens is 741 g/mol. The molecule has 2 saturated heterocycles. The van der Waals surface area contributed by atoms with Crippen molar-refractivity contribution >= 4 is 34.8 Å². The van der Waals surface area contributed by atoms with Crippen molar-refractivity contribution in [3.8, 4) is 33.9 Å². The number of hydrogen-bond acceptors (Lipinski definition) is 10. The third-order valence-corrected chi connectivity index (χ3v) is 11.1. The van der Waals surface area contributed by atoms with Crippen LogP contribution in [-0.2, 0) is 19.1 Å². The van der Waals surface area contributed by atoms with E-state index in [1.165, 1.54) is 14.2 Å². The second-order valence-corrected chi connectivity index (χ2v) is 15.5. The SMILES string of the molecule is COC(=O)N[C@H](C(=O)N1CCC[C@H]1c1ncc(-c2ccc3cc(-c4ccc(-c5cnc([C@@H]6CCCN6C(=O)[C@@H](NC(=O)OC)C(C)C)[nH]5)nn4)ccc3c2)[nH]1)C(C)C. The first-order chi connectivity index (χ1) is 27.9. The topological polar surface area (TPSA) is 200 Å². The van der Waals surface area contributed by atoms with E-state index in [9.17, 15) is 19.2 Å². The Kier molecular flexibility index (Phi) is 11.7. The zero-order valence-electron chi connectivity index (χ0n) is 33.6. The summed E-state index contributed by atoms with van der Waals surface area (Å²) in [5.74, 6) is 0.826. The van der Waals surface area contributed by atoms with Crippen LogP contribution in [0, 0.1) is 11.8 Å². The number of imidazole rings is 2. The zero-order chi connectivity index (χ0) is 41.1. The Morgan fingerprint density at radius 1 is 0.655 bits per heavy atom. The highest BCUT2D eigenvalue weighted by Crippen LogP contribution is 2.35. The number of rotatable bonds is 11. The van der Waals surface area contributed by atoms with Crippen molar-refractivity contribution in [1.82, 2.24) is 50.6 Å². The number of nitrogens with zero attached hydrogens (tertiary/aromatic N) is 6. The first-order valence-corrected chi connectivity index (χ1v) is 19.7. The quantitative estimate of drug-likeness (QED) is 0.120. The van der Waals surface area contributed by atoms with Gasteiger partial charge in [0.25, 0.3) is 0 Å². The molecule has 0 radical (unpaired) electrons. The van der Waals surface area contributed by atoms with Gasteiger partial charge in [-0.1, -0.05) is 52.0 Å². The lowest BCUT2D eigenvalue weighted by Crippen LogP contribution is -2.51. The standard InChI is InChI=1S/C42H50N10O6/c1-23(2)35(47-41(55)57-5)39(53)51-17-7-9-33(51)37-43-21-31(45-37)28-14-12-25-19-27(13-11-26(25)20-28)29-15-16-30(50-49-29)32-22-44-38(46-32)34-10-8-18-52(34)40(54)36(24(3)4)48-42(56)58-6/h11-16,19-24,33-36H,7-10,17-18H2,1-6H3,(H,43,45)(H,44,46)(H,47,55)(H,48,56)/t33-,34-,35-,36-/m0/s1. The van der Waals surface area contributed by atoms with E-state index in [1.807, 2.05) is 52.0 Å². The molecule has 3 aromatic heterocycles. The van der Waals surface area contributed by atoms with Crippen molar-refractivity contribution in [2.75, 3.05) is 27.3 Å². The second kappa shape index (κ2) is 17.0. The van der Waals surface area contributed by atoms with Gasteiger partial charge in [-0.15, -0.1) is 10.2 Å². The third kappa shape index (κ3) is 8.22. The van der Waals surface area contributed by atoms with Gasteiger partial charge in [0, 0.05) is 24.2 Å². The van der Waals surface area contributed by atoms with Crippen LogP contribution < -0.4 is 10.6 Å². The summed E-state index contributed by atoms with van der Waals surface area (Å²) in [5.41, 5.74) is 4.76. The van der Waals surface area contributed by atoms with Crippen molar-refractivity contribution in [2.24, 2.45) is 11.8 Å². The van der Waals surface area contributed by atoms with E-state index in [1.54, 1.807) is 22.2 Å². The molecule has 0 spiro atoms. The number of likely N-dealkylation sites (tertiary alicyclic amines) is 2. The number of aromatic nitrogens is 6. The predicted octanol–water partition coefficient (Wildman–Crippen LogP) is 6.17. The fourth-order valence-electron chi connectivity index (χ4n) is 7.88. The molecule has 4 N–H and O–H groups in total. The molecule has 2 aliphatic rings. The predicted molar refractivity (Wildman–Crippen MR) is 216 cm³/mol. The molecule has 7 rings (SSSR count). The highest BCUT2D eigenvalue weighted by Gasteiger charge is 2.39. The van der Waals surface area contributed by atoms with Gasteiger partial charge in [0.1, 0.15) is 29.4 Å². The van der Waals surface area contributed by atoms with Crippen LogP contribution in [-0.4, -0.2) is 103 Å². The van der Waals surface area contributed by atoms with Gasteiger partial charge >= 0.3 is 12.2 Å². The lowest BCUT2D eigenvalue weighted by atomic mass is 10.0. The number of benzene rings is 2. The number of fused-ring (bicyclic) bond motifs is 1. The van der Waals surface area contributed by atoms with Gasteiger partial charge in [0.2, 0.25) is 11.8 Å². The van der Waals surface area contributed by atoms with Gasteiger partial charge < -0.3 is 39.9 Å². The number of ether oxygens (including phenoxy) is 2. The largest absolute Gasteiger partial charge is 0.453 e. The Balaban J connectivity index is 1.02. The lowest BCUT2D eigenvalue weighted by Gasteiger charge is -2.30. The van der Waals surface area contributed by atoms with E-state index in [-0.39, 0.29) is 35.7 Å². The van der Waals surface area contributed by atoms with Gasteiger partial charge in [-0.05, 0) is 72.6 Å². The molecule has 304 valence electrons.